The van der Waals surface area contributed by atoms with E-state index in [0.29, 0.717) is 21.6 Å². The summed E-state index contributed by atoms with van der Waals surface area (Å²) in [4.78, 5) is 29.2. The number of hydrogen-bond donors (Lipinski definition) is 1. The van der Waals surface area contributed by atoms with Gasteiger partial charge < -0.3 is 10.1 Å². The van der Waals surface area contributed by atoms with Gasteiger partial charge in [0.2, 0.25) is 0 Å². The highest BCUT2D eigenvalue weighted by Gasteiger charge is 2.17. The molecule has 4 aromatic rings. The lowest BCUT2D eigenvalue weighted by Crippen LogP contribution is -2.23. The number of fused-ring (bicyclic) bond motifs is 1. The number of nitrogens with zero attached hydrogens (tertiary/aromatic N) is 3. The zero-order valence-electron chi connectivity index (χ0n) is 15.9. The van der Waals surface area contributed by atoms with Gasteiger partial charge in [0.15, 0.2) is 10.8 Å². The van der Waals surface area contributed by atoms with Crippen LogP contribution in [0.4, 0.5) is 10.8 Å². The van der Waals surface area contributed by atoms with Crippen molar-refractivity contribution in [3.05, 3.63) is 81.2 Å². The number of thiazole rings is 1. The summed E-state index contributed by atoms with van der Waals surface area (Å²) in [6.45, 7) is 2.05. The molecule has 0 aliphatic carbocycles. The third kappa shape index (κ3) is 4.02. The van der Waals surface area contributed by atoms with Crippen molar-refractivity contribution in [3.8, 4) is 0 Å². The first-order valence-corrected chi connectivity index (χ1v) is 9.80. The van der Waals surface area contributed by atoms with Gasteiger partial charge in [-0.25, -0.2) is 14.5 Å². The number of carbonyl (C=O) groups excluding carboxylic acids is 1. The number of aryl methyl sites for hydroxylation is 2. The number of carbonyl (C=O) groups is 1. The summed E-state index contributed by atoms with van der Waals surface area (Å²) in [7, 11) is 1.51. The minimum atomic E-state index is -0.599. The Hall–Kier alpha value is -3.52. The Morgan fingerprint density at radius 3 is 2.62 bits per heavy atom. The number of benzene rings is 2. The zero-order chi connectivity index (χ0) is 20.4. The van der Waals surface area contributed by atoms with Crippen LogP contribution in [-0.4, -0.2) is 20.7 Å². The van der Waals surface area contributed by atoms with E-state index >= 15 is 0 Å². The maximum absolute atomic E-state index is 12.6. The molecule has 0 amide bonds. The predicted molar refractivity (Wildman–Crippen MR) is 113 cm³/mol. The van der Waals surface area contributed by atoms with Crippen LogP contribution in [0.2, 0.25) is 0 Å². The van der Waals surface area contributed by atoms with E-state index in [1.165, 1.54) is 23.9 Å². The van der Waals surface area contributed by atoms with Gasteiger partial charge in [0.05, 0.1) is 11.1 Å². The molecule has 0 radical (unpaired) electrons. The average molecular weight is 406 g/mol. The first-order chi connectivity index (χ1) is 14.0. The van der Waals surface area contributed by atoms with Gasteiger partial charge in [0, 0.05) is 23.5 Å². The van der Waals surface area contributed by atoms with Crippen LogP contribution in [-0.2, 0) is 18.4 Å². The maximum atomic E-state index is 12.6. The van der Waals surface area contributed by atoms with Crippen molar-refractivity contribution in [3.63, 3.8) is 0 Å². The summed E-state index contributed by atoms with van der Waals surface area (Å²) in [6, 6.07) is 14.8. The highest BCUT2D eigenvalue weighted by molar-refractivity contribution is 7.13. The van der Waals surface area contributed by atoms with Crippen molar-refractivity contribution in [2.24, 2.45) is 7.05 Å². The molecular formula is C21H18N4O3S. The first kappa shape index (κ1) is 18.8. The normalized spacial score (nSPS) is 10.8. The fraction of sp³-hybridized carbons (Fsp3) is 0.143. The van der Waals surface area contributed by atoms with Crippen LogP contribution in [0, 0.1) is 6.92 Å². The van der Waals surface area contributed by atoms with Crippen molar-refractivity contribution in [2.45, 2.75) is 13.5 Å². The Kier molecular flexibility index (Phi) is 5.09. The molecular weight excluding hydrogens is 388 g/mol. The van der Waals surface area contributed by atoms with Crippen LogP contribution >= 0.6 is 11.3 Å². The lowest BCUT2D eigenvalue weighted by Gasteiger charge is -2.07. The number of hydrogen-bond acceptors (Lipinski definition) is 7. The second kappa shape index (κ2) is 7.84. The van der Waals surface area contributed by atoms with E-state index in [4.69, 9.17) is 4.74 Å². The number of nitrogens with one attached hydrogen (secondary N) is 1. The van der Waals surface area contributed by atoms with E-state index in [1.807, 2.05) is 36.6 Å². The molecule has 0 spiro atoms. The Morgan fingerprint density at radius 1 is 1.14 bits per heavy atom. The summed E-state index contributed by atoms with van der Waals surface area (Å²) < 4.78 is 6.54. The highest BCUT2D eigenvalue weighted by Crippen LogP contribution is 2.22. The molecule has 0 saturated heterocycles. The topological polar surface area (TPSA) is 86.1 Å². The summed E-state index contributed by atoms with van der Waals surface area (Å²) >= 11 is 1.43. The smallest absolute Gasteiger partial charge is 0.359 e. The number of rotatable bonds is 5. The Bertz CT molecular complexity index is 1250. The molecule has 8 heteroatoms. The van der Waals surface area contributed by atoms with Crippen LogP contribution in [0.5, 0.6) is 0 Å². The highest BCUT2D eigenvalue weighted by atomic mass is 32.1. The van der Waals surface area contributed by atoms with E-state index in [9.17, 15) is 9.59 Å². The fourth-order valence-corrected chi connectivity index (χ4v) is 3.56. The van der Waals surface area contributed by atoms with Crippen LogP contribution in [0.1, 0.15) is 21.7 Å². The summed E-state index contributed by atoms with van der Waals surface area (Å²) in [5.41, 5.74) is 2.60. The van der Waals surface area contributed by atoms with Gasteiger partial charge in [-0.05, 0) is 25.1 Å². The van der Waals surface area contributed by atoms with E-state index in [-0.39, 0.29) is 17.9 Å². The average Bonchev–Trinajstić information content (AvgIpc) is 3.18. The maximum Gasteiger partial charge on any atom is 0.359 e. The molecule has 29 heavy (non-hydrogen) atoms. The molecule has 2 aromatic carbocycles. The van der Waals surface area contributed by atoms with Crippen LogP contribution in [0.25, 0.3) is 10.8 Å². The molecule has 0 unspecified atom stereocenters. The largest absolute Gasteiger partial charge is 0.454 e. The Morgan fingerprint density at radius 2 is 1.86 bits per heavy atom. The number of ether oxygens (including phenoxy) is 1. The molecule has 146 valence electrons. The first-order valence-electron chi connectivity index (χ1n) is 8.92. The zero-order valence-corrected chi connectivity index (χ0v) is 16.7. The van der Waals surface area contributed by atoms with Crippen molar-refractivity contribution >= 4 is 38.9 Å². The second-order valence-corrected chi connectivity index (χ2v) is 7.39. The van der Waals surface area contributed by atoms with Gasteiger partial charge >= 0.3 is 5.97 Å². The Labute approximate surface area is 170 Å². The third-order valence-corrected chi connectivity index (χ3v) is 5.16. The molecule has 0 atom stereocenters. The standard InChI is InChI=1S/C21H18N4O3S/c1-13-7-9-14(10-8-13)22-21-23-15(12-29-21)11-28-20(27)18-16-5-3-4-6-17(16)19(26)25(2)24-18/h3-10,12H,11H2,1-2H3,(H,22,23). The minimum absolute atomic E-state index is 0.0176. The van der Waals surface area contributed by atoms with E-state index in [0.717, 1.165) is 10.4 Å². The lowest BCUT2D eigenvalue weighted by molar-refractivity contribution is 0.0461. The van der Waals surface area contributed by atoms with E-state index in [1.54, 1.807) is 24.3 Å². The van der Waals surface area contributed by atoms with Gasteiger partial charge in [-0.15, -0.1) is 11.3 Å². The number of anilines is 2. The molecule has 2 heterocycles. The predicted octanol–water partition coefficient (Wildman–Crippen LogP) is 3.80. The van der Waals surface area contributed by atoms with E-state index < -0.39 is 5.97 Å². The van der Waals surface area contributed by atoms with Crippen LogP contribution in [0.3, 0.4) is 0 Å². The second-order valence-electron chi connectivity index (χ2n) is 6.53. The van der Waals surface area contributed by atoms with Gasteiger partial charge in [-0.3, -0.25) is 4.79 Å². The number of aromatic nitrogens is 3. The van der Waals surface area contributed by atoms with Crippen molar-refractivity contribution in [1.29, 1.82) is 0 Å². The summed E-state index contributed by atoms with van der Waals surface area (Å²) in [5, 5.41) is 10.7. The SMILES string of the molecule is Cc1ccc(Nc2nc(COC(=O)c3nn(C)c(=O)c4ccccc34)cs2)cc1. The molecule has 0 fully saturated rings. The molecule has 7 nitrogen and oxygen atoms in total. The lowest BCUT2D eigenvalue weighted by atomic mass is 10.1. The van der Waals surface area contributed by atoms with Gasteiger partial charge in [0.1, 0.15) is 6.61 Å². The molecule has 2 aromatic heterocycles. The molecule has 4 rings (SSSR count). The molecule has 0 saturated carbocycles. The molecule has 0 aliphatic heterocycles. The van der Waals surface area contributed by atoms with Gasteiger partial charge in [-0.1, -0.05) is 35.9 Å². The fourth-order valence-electron chi connectivity index (χ4n) is 2.85. The van der Waals surface area contributed by atoms with Crippen molar-refractivity contribution in [1.82, 2.24) is 14.8 Å². The van der Waals surface area contributed by atoms with Gasteiger partial charge in [-0.2, -0.15) is 5.10 Å². The monoisotopic (exact) mass is 406 g/mol. The summed E-state index contributed by atoms with van der Waals surface area (Å²) in [6.07, 6.45) is 0. The van der Waals surface area contributed by atoms with E-state index in [2.05, 4.69) is 15.4 Å². The van der Waals surface area contributed by atoms with Crippen LogP contribution < -0.4 is 10.9 Å². The Balaban J connectivity index is 1.47. The molecule has 0 aliphatic rings. The minimum Gasteiger partial charge on any atom is -0.454 e. The third-order valence-electron chi connectivity index (χ3n) is 4.36. The van der Waals surface area contributed by atoms with Crippen molar-refractivity contribution in [2.75, 3.05) is 5.32 Å². The van der Waals surface area contributed by atoms with Gasteiger partial charge in [0.25, 0.3) is 5.56 Å². The van der Waals surface area contributed by atoms with Crippen molar-refractivity contribution < 1.29 is 9.53 Å². The molecule has 1 N–H and O–H groups in total. The quantitative estimate of drug-likeness (QED) is 0.508. The molecule has 0 bridgehead atoms. The number of esters is 1. The summed E-state index contributed by atoms with van der Waals surface area (Å²) in [5.74, 6) is -0.599. The van der Waals surface area contributed by atoms with Crippen LogP contribution in [0.15, 0.2) is 58.7 Å².